The molecule has 2 N–H and O–H groups in total. The van der Waals surface area contributed by atoms with Crippen molar-refractivity contribution in [2.45, 2.75) is 78.2 Å². The van der Waals surface area contributed by atoms with Crippen molar-refractivity contribution in [2.24, 2.45) is 0 Å². The molecule has 29 heavy (non-hydrogen) atoms. The molecule has 1 fully saturated rings. The molecular weight excluding hydrogens is 370 g/mol. The van der Waals surface area contributed by atoms with E-state index in [1.54, 1.807) is 4.90 Å². The standard InChI is InChI=1S/C22H35N3O4/c1-21(2,3)28-19(26)24-18-10-8-7-9-16(18)15-25(17-11-13-23-14-12-17)20(27)29-22(4,5)6/h7-10,17,23H,11-15H2,1-6H3,(H,24,26). The molecule has 0 saturated carbocycles. The summed E-state index contributed by atoms with van der Waals surface area (Å²) in [6, 6.07) is 7.55. The Morgan fingerprint density at radius 2 is 1.62 bits per heavy atom. The van der Waals surface area contributed by atoms with Crippen LogP contribution in [-0.2, 0) is 16.0 Å². The minimum absolute atomic E-state index is 0.0840. The molecule has 0 spiro atoms. The molecule has 2 rings (SSSR count). The summed E-state index contributed by atoms with van der Waals surface area (Å²) in [6.07, 6.45) is 0.869. The van der Waals surface area contributed by atoms with Crippen LogP contribution in [0.15, 0.2) is 24.3 Å². The number of carbonyl (C=O) groups is 2. The lowest BCUT2D eigenvalue weighted by atomic mass is 10.0. The lowest BCUT2D eigenvalue weighted by Gasteiger charge is -2.36. The minimum atomic E-state index is -0.587. The van der Waals surface area contributed by atoms with Crippen LogP contribution in [0.2, 0.25) is 0 Å². The fraction of sp³-hybridized carbons (Fsp3) is 0.636. The van der Waals surface area contributed by atoms with E-state index in [0.717, 1.165) is 31.5 Å². The van der Waals surface area contributed by atoms with E-state index in [-0.39, 0.29) is 12.1 Å². The molecule has 2 amide bonds. The fourth-order valence-corrected chi connectivity index (χ4v) is 3.16. The Hall–Kier alpha value is -2.28. The van der Waals surface area contributed by atoms with E-state index in [9.17, 15) is 9.59 Å². The topological polar surface area (TPSA) is 79.9 Å². The molecule has 1 aromatic rings. The molecule has 0 atom stereocenters. The lowest BCUT2D eigenvalue weighted by Crippen LogP contribution is -2.47. The molecule has 1 aliphatic rings. The van der Waals surface area contributed by atoms with Crippen molar-refractivity contribution in [1.82, 2.24) is 10.2 Å². The molecule has 1 aliphatic heterocycles. The van der Waals surface area contributed by atoms with Crippen molar-refractivity contribution < 1.29 is 19.1 Å². The van der Waals surface area contributed by atoms with Gasteiger partial charge in [-0.1, -0.05) is 18.2 Å². The van der Waals surface area contributed by atoms with Gasteiger partial charge in [0.2, 0.25) is 0 Å². The van der Waals surface area contributed by atoms with E-state index in [1.807, 2.05) is 65.8 Å². The number of amides is 2. The Kier molecular flexibility index (Phi) is 7.52. The zero-order valence-electron chi connectivity index (χ0n) is 18.5. The molecule has 0 radical (unpaired) electrons. The van der Waals surface area contributed by atoms with E-state index in [2.05, 4.69) is 10.6 Å². The van der Waals surface area contributed by atoms with Crippen molar-refractivity contribution in [3.63, 3.8) is 0 Å². The predicted octanol–water partition coefficient (Wildman–Crippen LogP) is 4.52. The van der Waals surface area contributed by atoms with Gasteiger partial charge in [0.05, 0.1) is 6.54 Å². The first-order valence-electron chi connectivity index (χ1n) is 10.2. The third kappa shape index (κ3) is 7.93. The normalized spacial score (nSPS) is 15.5. The molecule has 1 heterocycles. The number of carbonyl (C=O) groups excluding carboxylic acids is 2. The van der Waals surface area contributed by atoms with E-state index in [4.69, 9.17) is 9.47 Å². The van der Waals surface area contributed by atoms with Gasteiger partial charge in [0.1, 0.15) is 11.2 Å². The first kappa shape index (κ1) is 23.0. The van der Waals surface area contributed by atoms with Crippen LogP contribution in [-0.4, -0.2) is 47.4 Å². The number of hydrogen-bond donors (Lipinski definition) is 2. The molecule has 7 heteroatoms. The number of anilines is 1. The highest BCUT2D eigenvalue weighted by atomic mass is 16.6. The van der Waals surface area contributed by atoms with Crippen LogP contribution in [0.5, 0.6) is 0 Å². The van der Waals surface area contributed by atoms with E-state index in [1.165, 1.54) is 0 Å². The van der Waals surface area contributed by atoms with Crippen LogP contribution in [0, 0.1) is 0 Å². The van der Waals surface area contributed by atoms with Crippen LogP contribution in [0.1, 0.15) is 59.9 Å². The second-order valence-electron chi connectivity index (χ2n) is 9.37. The highest BCUT2D eigenvalue weighted by molar-refractivity contribution is 5.86. The van der Waals surface area contributed by atoms with Gasteiger partial charge in [-0.05, 0) is 79.1 Å². The smallest absolute Gasteiger partial charge is 0.412 e. The van der Waals surface area contributed by atoms with E-state index >= 15 is 0 Å². The molecule has 0 aromatic heterocycles. The third-order valence-corrected chi connectivity index (χ3v) is 4.37. The Balaban J connectivity index is 2.21. The third-order valence-electron chi connectivity index (χ3n) is 4.37. The number of piperidine rings is 1. The summed E-state index contributed by atoms with van der Waals surface area (Å²) in [5, 5.41) is 6.14. The molecular formula is C22H35N3O4. The Morgan fingerprint density at radius 3 is 2.21 bits per heavy atom. The number of ether oxygens (including phenoxy) is 2. The van der Waals surface area contributed by atoms with Gasteiger partial charge in [-0.2, -0.15) is 0 Å². The molecule has 0 bridgehead atoms. The highest BCUT2D eigenvalue weighted by Crippen LogP contribution is 2.24. The van der Waals surface area contributed by atoms with Crippen molar-refractivity contribution in [3.05, 3.63) is 29.8 Å². The number of benzene rings is 1. The van der Waals surface area contributed by atoms with Crippen LogP contribution in [0.25, 0.3) is 0 Å². The van der Waals surface area contributed by atoms with Gasteiger partial charge in [0.25, 0.3) is 0 Å². The zero-order valence-corrected chi connectivity index (χ0v) is 18.5. The van der Waals surface area contributed by atoms with Gasteiger partial charge in [-0.15, -0.1) is 0 Å². The van der Waals surface area contributed by atoms with Gasteiger partial charge in [-0.3, -0.25) is 5.32 Å². The molecule has 1 saturated heterocycles. The monoisotopic (exact) mass is 405 g/mol. The highest BCUT2D eigenvalue weighted by Gasteiger charge is 2.30. The summed E-state index contributed by atoms with van der Waals surface area (Å²) in [5.74, 6) is 0. The first-order valence-corrected chi connectivity index (χ1v) is 10.2. The second kappa shape index (κ2) is 9.48. The van der Waals surface area contributed by atoms with Crippen LogP contribution in [0.4, 0.5) is 15.3 Å². The van der Waals surface area contributed by atoms with E-state index in [0.29, 0.717) is 12.2 Å². The van der Waals surface area contributed by atoms with Crippen LogP contribution < -0.4 is 10.6 Å². The maximum absolute atomic E-state index is 13.0. The number of nitrogens with one attached hydrogen (secondary N) is 2. The molecule has 1 aromatic carbocycles. The summed E-state index contributed by atoms with van der Waals surface area (Å²) in [7, 11) is 0. The van der Waals surface area contributed by atoms with Gasteiger partial charge in [0.15, 0.2) is 0 Å². The summed E-state index contributed by atoms with van der Waals surface area (Å²) in [6.45, 7) is 13.1. The van der Waals surface area contributed by atoms with Gasteiger partial charge < -0.3 is 19.7 Å². The SMILES string of the molecule is CC(C)(C)OC(=O)Nc1ccccc1CN(C(=O)OC(C)(C)C)C1CCNCC1. The average Bonchev–Trinajstić information content (AvgIpc) is 2.58. The number of nitrogens with zero attached hydrogens (tertiary/aromatic N) is 1. The van der Waals surface area contributed by atoms with Gasteiger partial charge in [-0.25, -0.2) is 9.59 Å². The van der Waals surface area contributed by atoms with Gasteiger partial charge >= 0.3 is 12.2 Å². The number of para-hydroxylation sites is 1. The number of hydrogen-bond acceptors (Lipinski definition) is 5. The van der Waals surface area contributed by atoms with Crippen molar-refractivity contribution in [1.29, 1.82) is 0 Å². The van der Waals surface area contributed by atoms with Gasteiger partial charge in [0, 0.05) is 11.7 Å². The molecule has 0 unspecified atom stereocenters. The van der Waals surface area contributed by atoms with Crippen LogP contribution in [0.3, 0.4) is 0 Å². The summed E-state index contributed by atoms with van der Waals surface area (Å²) in [5.41, 5.74) is 0.305. The lowest BCUT2D eigenvalue weighted by molar-refractivity contribution is 0.0107. The van der Waals surface area contributed by atoms with Crippen molar-refractivity contribution in [3.8, 4) is 0 Å². The maximum atomic E-state index is 13.0. The predicted molar refractivity (Wildman–Crippen MR) is 114 cm³/mol. The summed E-state index contributed by atoms with van der Waals surface area (Å²) in [4.78, 5) is 27.0. The minimum Gasteiger partial charge on any atom is -0.444 e. The Morgan fingerprint density at radius 1 is 1.03 bits per heavy atom. The fourth-order valence-electron chi connectivity index (χ4n) is 3.16. The van der Waals surface area contributed by atoms with Crippen LogP contribution >= 0.6 is 0 Å². The van der Waals surface area contributed by atoms with Crippen molar-refractivity contribution >= 4 is 17.9 Å². The number of rotatable bonds is 4. The average molecular weight is 406 g/mol. The largest absolute Gasteiger partial charge is 0.444 e. The Bertz CT molecular complexity index is 701. The zero-order chi connectivity index (χ0) is 21.7. The van der Waals surface area contributed by atoms with Crippen molar-refractivity contribution in [2.75, 3.05) is 18.4 Å². The maximum Gasteiger partial charge on any atom is 0.412 e. The second-order valence-corrected chi connectivity index (χ2v) is 9.37. The molecule has 7 nitrogen and oxygen atoms in total. The first-order chi connectivity index (χ1) is 13.4. The Labute approximate surface area is 174 Å². The quantitative estimate of drug-likeness (QED) is 0.770. The molecule has 0 aliphatic carbocycles. The van der Waals surface area contributed by atoms with E-state index < -0.39 is 17.3 Å². The molecule has 162 valence electrons. The summed E-state index contributed by atoms with van der Waals surface area (Å²) >= 11 is 0. The summed E-state index contributed by atoms with van der Waals surface area (Å²) < 4.78 is 11.0.